The van der Waals surface area contributed by atoms with Crippen molar-refractivity contribution in [2.75, 3.05) is 6.61 Å². The molecule has 0 aliphatic carbocycles. The molecule has 0 bridgehead atoms. The molecule has 0 fully saturated rings. The summed E-state index contributed by atoms with van der Waals surface area (Å²) in [5, 5.41) is 2.69. The van der Waals surface area contributed by atoms with Crippen molar-refractivity contribution in [3.8, 4) is 5.75 Å². The van der Waals surface area contributed by atoms with Gasteiger partial charge in [-0.15, -0.1) is 0 Å². The molecule has 6 nitrogen and oxygen atoms in total. The first-order chi connectivity index (χ1) is 8.54. The van der Waals surface area contributed by atoms with Gasteiger partial charge in [-0.1, -0.05) is 12.1 Å². The Morgan fingerprint density at radius 2 is 2.00 bits per heavy atom. The normalized spacial score (nSPS) is 10.0. The molecule has 0 atom stereocenters. The van der Waals surface area contributed by atoms with Crippen molar-refractivity contribution in [2.45, 2.75) is 19.9 Å². The number of nitrogens with two attached hydrogens (primary N) is 1. The lowest BCUT2D eigenvalue weighted by atomic mass is 10.2. The molecule has 0 unspecified atom stereocenters. The third-order valence-corrected chi connectivity index (χ3v) is 2.07. The van der Waals surface area contributed by atoms with Gasteiger partial charge in [0, 0.05) is 6.04 Å². The third kappa shape index (κ3) is 4.06. The number of para-hydroxylation sites is 1. The van der Waals surface area contributed by atoms with Gasteiger partial charge in [0.15, 0.2) is 6.61 Å². The zero-order chi connectivity index (χ0) is 13.5. The van der Waals surface area contributed by atoms with Crippen molar-refractivity contribution in [3.63, 3.8) is 0 Å². The Morgan fingerprint density at radius 1 is 1.33 bits per heavy atom. The summed E-state index contributed by atoms with van der Waals surface area (Å²) in [5.74, 6) is 4.67. The molecule has 0 heterocycles. The van der Waals surface area contributed by atoms with Crippen molar-refractivity contribution in [1.29, 1.82) is 0 Å². The molecule has 6 heteroatoms. The number of carbonyl (C=O) groups excluding carboxylic acids is 2. The summed E-state index contributed by atoms with van der Waals surface area (Å²) in [6.45, 7) is 3.56. The van der Waals surface area contributed by atoms with E-state index >= 15 is 0 Å². The second-order valence-electron chi connectivity index (χ2n) is 3.98. The van der Waals surface area contributed by atoms with Crippen LogP contribution in [0.3, 0.4) is 0 Å². The molecule has 1 aromatic carbocycles. The largest absolute Gasteiger partial charge is 0.483 e. The van der Waals surface area contributed by atoms with Gasteiger partial charge in [0.25, 0.3) is 11.8 Å². The highest BCUT2D eigenvalue weighted by Gasteiger charge is 2.12. The average molecular weight is 251 g/mol. The van der Waals surface area contributed by atoms with E-state index in [1.165, 1.54) is 0 Å². The van der Waals surface area contributed by atoms with Gasteiger partial charge in [-0.25, -0.2) is 5.84 Å². The number of nitrogen functional groups attached to an aromatic ring is 1. The molecule has 1 aromatic rings. The number of hydrazine groups is 1. The average Bonchev–Trinajstić information content (AvgIpc) is 2.35. The molecule has 4 N–H and O–H groups in total. The lowest BCUT2D eigenvalue weighted by Gasteiger charge is -2.11. The van der Waals surface area contributed by atoms with Crippen LogP contribution in [0.5, 0.6) is 5.75 Å². The summed E-state index contributed by atoms with van der Waals surface area (Å²) in [7, 11) is 0. The van der Waals surface area contributed by atoms with E-state index in [9.17, 15) is 9.59 Å². The van der Waals surface area contributed by atoms with Crippen LogP contribution in [0.15, 0.2) is 24.3 Å². The van der Waals surface area contributed by atoms with Crippen molar-refractivity contribution in [1.82, 2.24) is 10.7 Å². The molecule has 0 aliphatic heterocycles. The van der Waals surface area contributed by atoms with Crippen LogP contribution in [0, 0.1) is 0 Å². The minimum atomic E-state index is -0.463. The molecule has 0 saturated carbocycles. The molecule has 1 rings (SSSR count). The van der Waals surface area contributed by atoms with Gasteiger partial charge in [-0.05, 0) is 26.0 Å². The number of rotatable bonds is 5. The first-order valence-corrected chi connectivity index (χ1v) is 5.56. The van der Waals surface area contributed by atoms with Gasteiger partial charge in [0.2, 0.25) is 0 Å². The fourth-order valence-corrected chi connectivity index (χ4v) is 1.36. The number of hydrogen-bond donors (Lipinski definition) is 3. The quantitative estimate of drug-likeness (QED) is 0.396. The second kappa shape index (κ2) is 6.61. The standard InChI is InChI=1S/C12H17N3O3/c1-8(2)14-11(16)7-18-10-6-4-3-5-9(10)12(17)15-13/h3-6,8H,7,13H2,1-2H3,(H,14,16)(H,15,17). The van der Waals surface area contributed by atoms with Crippen molar-refractivity contribution >= 4 is 11.8 Å². The predicted molar refractivity (Wildman–Crippen MR) is 66.9 cm³/mol. The van der Waals surface area contributed by atoms with E-state index in [4.69, 9.17) is 10.6 Å². The highest BCUT2D eigenvalue weighted by Crippen LogP contribution is 2.17. The van der Waals surface area contributed by atoms with Crippen LogP contribution in [0.2, 0.25) is 0 Å². The van der Waals surface area contributed by atoms with Gasteiger partial charge >= 0.3 is 0 Å². The molecule has 98 valence electrons. The fourth-order valence-electron chi connectivity index (χ4n) is 1.36. The zero-order valence-corrected chi connectivity index (χ0v) is 10.4. The summed E-state index contributed by atoms with van der Waals surface area (Å²) in [6.07, 6.45) is 0. The van der Waals surface area contributed by atoms with E-state index in [2.05, 4.69) is 5.32 Å². The Kier molecular flexibility index (Phi) is 5.13. The van der Waals surface area contributed by atoms with Crippen LogP contribution < -0.4 is 21.3 Å². The van der Waals surface area contributed by atoms with Crippen molar-refractivity contribution < 1.29 is 14.3 Å². The van der Waals surface area contributed by atoms with Crippen molar-refractivity contribution in [3.05, 3.63) is 29.8 Å². The summed E-state index contributed by atoms with van der Waals surface area (Å²) < 4.78 is 5.29. The Morgan fingerprint density at radius 3 is 2.61 bits per heavy atom. The molecular weight excluding hydrogens is 234 g/mol. The van der Waals surface area contributed by atoms with E-state index in [0.29, 0.717) is 5.75 Å². The minimum Gasteiger partial charge on any atom is -0.483 e. The van der Waals surface area contributed by atoms with Crippen LogP contribution in [0.25, 0.3) is 0 Å². The number of ether oxygens (including phenoxy) is 1. The molecule has 0 spiro atoms. The number of amides is 2. The van der Waals surface area contributed by atoms with Gasteiger partial charge in [-0.2, -0.15) is 0 Å². The lowest BCUT2D eigenvalue weighted by Crippen LogP contribution is -2.34. The fraction of sp³-hybridized carbons (Fsp3) is 0.333. The Balaban J connectivity index is 2.67. The van der Waals surface area contributed by atoms with E-state index in [1.54, 1.807) is 24.3 Å². The lowest BCUT2D eigenvalue weighted by molar-refractivity contribution is -0.123. The maximum atomic E-state index is 11.4. The highest BCUT2D eigenvalue weighted by molar-refractivity contribution is 5.96. The van der Waals surface area contributed by atoms with E-state index in [0.717, 1.165) is 0 Å². The molecule has 2 amide bonds. The SMILES string of the molecule is CC(C)NC(=O)COc1ccccc1C(=O)NN. The minimum absolute atomic E-state index is 0.0451. The molecule has 0 aliphatic rings. The van der Waals surface area contributed by atoms with Crippen molar-refractivity contribution in [2.24, 2.45) is 5.84 Å². The van der Waals surface area contributed by atoms with Gasteiger partial charge < -0.3 is 10.1 Å². The second-order valence-corrected chi connectivity index (χ2v) is 3.98. The van der Waals surface area contributed by atoms with Crippen LogP contribution in [0.4, 0.5) is 0 Å². The molecule has 0 saturated heterocycles. The van der Waals surface area contributed by atoms with E-state index in [-0.39, 0.29) is 24.1 Å². The third-order valence-electron chi connectivity index (χ3n) is 2.07. The summed E-state index contributed by atoms with van der Waals surface area (Å²) in [4.78, 5) is 22.9. The number of benzene rings is 1. The monoisotopic (exact) mass is 251 g/mol. The number of carbonyl (C=O) groups is 2. The molecule has 18 heavy (non-hydrogen) atoms. The summed E-state index contributed by atoms with van der Waals surface area (Å²) in [5.41, 5.74) is 2.31. The maximum absolute atomic E-state index is 11.4. The Labute approximate surface area is 105 Å². The summed E-state index contributed by atoms with van der Waals surface area (Å²) >= 11 is 0. The van der Waals surface area contributed by atoms with Crippen LogP contribution in [0.1, 0.15) is 24.2 Å². The van der Waals surface area contributed by atoms with Gasteiger partial charge in [0.1, 0.15) is 5.75 Å². The summed E-state index contributed by atoms with van der Waals surface area (Å²) in [6, 6.07) is 6.61. The van der Waals surface area contributed by atoms with Crippen LogP contribution in [-0.2, 0) is 4.79 Å². The Bertz CT molecular complexity index is 432. The first-order valence-electron chi connectivity index (χ1n) is 5.56. The number of nitrogens with one attached hydrogen (secondary N) is 2. The smallest absolute Gasteiger partial charge is 0.268 e. The van der Waals surface area contributed by atoms with E-state index in [1.807, 2.05) is 19.3 Å². The highest BCUT2D eigenvalue weighted by atomic mass is 16.5. The maximum Gasteiger partial charge on any atom is 0.268 e. The van der Waals surface area contributed by atoms with Crippen LogP contribution in [-0.4, -0.2) is 24.5 Å². The Hall–Kier alpha value is -2.08. The number of hydrogen-bond acceptors (Lipinski definition) is 4. The van der Waals surface area contributed by atoms with Crippen LogP contribution >= 0.6 is 0 Å². The molecular formula is C12H17N3O3. The molecule has 0 aromatic heterocycles. The predicted octanol–water partition coefficient (Wildman–Crippen LogP) is 0.194. The molecule has 0 radical (unpaired) electrons. The first kappa shape index (κ1) is 14.0. The van der Waals surface area contributed by atoms with Gasteiger partial charge in [0.05, 0.1) is 5.56 Å². The topological polar surface area (TPSA) is 93.4 Å². The van der Waals surface area contributed by atoms with Gasteiger partial charge in [-0.3, -0.25) is 15.0 Å². The zero-order valence-electron chi connectivity index (χ0n) is 10.4. The van der Waals surface area contributed by atoms with E-state index < -0.39 is 5.91 Å².